The van der Waals surface area contributed by atoms with E-state index in [1.807, 2.05) is 18.2 Å². The molecule has 0 bridgehead atoms. The molecule has 1 aliphatic heterocycles. The minimum absolute atomic E-state index is 0.177. The predicted octanol–water partition coefficient (Wildman–Crippen LogP) is 3.46. The van der Waals surface area contributed by atoms with E-state index >= 15 is 0 Å². The van der Waals surface area contributed by atoms with Crippen molar-refractivity contribution in [3.63, 3.8) is 0 Å². The van der Waals surface area contributed by atoms with Gasteiger partial charge in [0, 0.05) is 0 Å². The van der Waals surface area contributed by atoms with Crippen molar-refractivity contribution in [2.45, 2.75) is 37.9 Å². The Morgan fingerprint density at radius 1 is 1.22 bits per heavy atom. The zero-order chi connectivity index (χ0) is 16.4. The first-order valence-corrected chi connectivity index (χ1v) is 8.38. The molecule has 5 heteroatoms. The lowest BCUT2D eigenvalue weighted by molar-refractivity contribution is -0.181. The van der Waals surface area contributed by atoms with E-state index < -0.39 is 17.7 Å². The number of rotatable bonds is 4. The van der Waals surface area contributed by atoms with Gasteiger partial charge in [0.2, 0.25) is 0 Å². The maximum atomic E-state index is 12.0. The molecular weight excluding hydrogens is 360 g/mol. The summed E-state index contributed by atoms with van der Waals surface area (Å²) in [6, 6.07) is 10.1. The van der Waals surface area contributed by atoms with Gasteiger partial charge in [0.15, 0.2) is 23.2 Å². The minimum Gasteiger partial charge on any atom is -0.477 e. The van der Waals surface area contributed by atoms with Crippen LogP contribution < -0.4 is 0 Å². The summed E-state index contributed by atoms with van der Waals surface area (Å²) >= 11 is 3.28. The molecule has 0 amide bonds. The zero-order valence-corrected chi connectivity index (χ0v) is 14.3. The molecule has 0 radical (unpaired) electrons. The molecule has 1 heterocycles. The second-order valence-electron chi connectivity index (χ2n) is 5.75. The van der Waals surface area contributed by atoms with Gasteiger partial charge < -0.3 is 9.47 Å². The number of carbonyl (C=O) groups is 2. The van der Waals surface area contributed by atoms with Crippen LogP contribution in [0.25, 0.3) is 0 Å². The highest BCUT2D eigenvalue weighted by Gasteiger charge is 2.48. The molecule has 1 aromatic rings. The molecule has 1 aliphatic carbocycles. The van der Waals surface area contributed by atoms with Crippen LogP contribution in [0.2, 0.25) is 0 Å². The van der Waals surface area contributed by atoms with Crippen molar-refractivity contribution in [2.24, 2.45) is 0 Å². The Morgan fingerprint density at radius 3 is 2.70 bits per heavy atom. The molecule has 1 saturated heterocycles. The number of esters is 1. The van der Waals surface area contributed by atoms with Gasteiger partial charge >= 0.3 is 5.97 Å². The monoisotopic (exact) mass is 376 g/mol. The molecule has 2 aliphatic rings. The number of aryl methyl sites for hydroxylation is 1. The maximum Gasteiger partial charge on any atom is 0.348 e. The molecule has 3 rings (SSSR count). The summed E-state index contributed by atoms with van der Waals surface area (Å²) in [6.45, 7) is 1.62. The summed E-state index contributed by atoms with van der Waals surface area (Å²) in [7, 11) is 0. The number of allylic oxidation sites excluding steroid dienone is 2. The number of hydrogen-bond acceptors (Lipinski definition) is 4. The van der Waals surface area contributed by atoms with E-state index in [1.54, 1.807) is 13.0 Å². The number of ketones is 1. The highest BCUT2D eigenvalue weighted by Crippen LogP contribution is 2.41. The molecule has 0 saturated carbocycles. The number of hydrogen-bond donors (Lipinski definition) is 0. The number of halogens is 1. The van der Waals surface area contributed by atoms with Gasteiger partial charge in [-0.2, -0.15) is 0 Å². The minimum atomic E-state index is -0.981. The molecule has 2 atom stereocenters. The van der Waals surface area contributed by atoms with Crippen LogP contribution in [0, 0.1) is 0 Å². The van der Waals surface area contributed by atoms with Crippen molar-refractivity contribution in [3.05, 3.63) is 58.3 Å². The van der Waals surface area contributed by atoms with Crippen molar-refractivity contribution in [1.82, 2.24) is 0 Å². The maximum absolute atomic E-state index is 12.0. The molecule has 0 spiro atoms. The smallest absolute Gasteiger partial charge is 0.348 e. The highest BCUT2D eigenvalue weighted by molar-refractivity contribution is 9.12. The molecule has 4 nitrogen and oxygen atoms in total. The number of benzene rings is 1. The average molecular weight is 377 g/mol. The van der Waals surface area contributed by atoms with E-state index in [2.05, 4.69) is 28.1 Å². The lowest BCUT2D eigenvalue weighted by Crippen LogP contribution is -2.48. The Balaban J connectivity index is 1.80. The van der Waals surface area contributed by atoms with Gasteiger partial charge in [0.05, 0.1) is 0 Å². The molecule has 0 aromatic heterocycles. The average Bonchev–Trinajstić information content (AvgIpc) is 2.55. The third kappa shape index (κ3) is 3.11. The first kappa shape index (κ1) is 16.0. The number of fused-ring (bicyclic) bond motifs is 1. The number of ether oxygens (including phenoxy) is 2. The largest absolute Gasteiger partial charge is 0.477 e. The molecule has 23 heavy (non-hydrogen) atoms. The second-order valence-corrected chi connectivity index (χ2v) is 6.54. The first-order chi connectivity index (χ1) is 11.0. The summed E-state index contributed by atoms with van der Waals surface area (Å²) in [5, 5.41) is 0. The highest BCUT2D eigenvalue weighted by atomic mass is 79.9. The quantitative estimate of drug-likeness (QED) is 0.755. The SMILES string of the molecule is C[C@H]1OC2=C(Br)C(=O)C=C[C@]2(CCCc2ccccc2)OC1=O. The van der Waals surface area contributed by atoms with Crippen LogP contribution in [-0.4, -0.2) is 23.5 Å². The summed E-state index contributed by atoms with van der Waals surface area (Å²) < 4.78 is 11.7. The fourth-order valence-corrected chi connectivity index (χ4v) is 3.38. The van der Waals surface area contributed by atoms with E-state index in [-0.39, 0.29) is 5.78 Å². The zero-order valence-electron chi connectivity index (χ0n) is 12.8. The van der Waals surface area contributed by atoms with Crippen molar-refractivity contribution in [3.8, 4) is 0 Å². The van der Waals surface area contributed by atoms with Crippen molar-refractivity contribution in [2.75, 3.05) is 0 Å². The Hall–Kier alpha value is -1.88. The molecular formula is C18H17BrO4. The van der Waals surface area contributed by atoms with E-state index in [0.29, 0.717) is 16.7 Å². The van der Waals surface area contributed by atoms with Gasteiger partial charge in [-0.25, -0.2) is 4.79 Å². The van der Waals surface area contributed by atoms with Crippen LogP contribution in [0.1, 0.15) is 25.3 Å². The summed E-state index contributed by atoms with van der Waals surface area (Å²) in [4.78, 5) is 23.8. The fourth-order valence-electron chi connectivity index (χ4n) is 2.82. The summed E-state index contributed by atoms with van der Waals surface area (Å²) in [6.07, 6.45) is 4.60. The van der Waals surface area contributed by atoms with Gasteiger partial charge in [-0.05, 0) is 59.8 Å². The Bertz CT molecular complexity index is 692. The Kier molecular flexibility index (Phi) is 4.39. The van der Waals surface area contributed by atoms with Gasteiger partial charge in [0.25, 0.3) is 0 Å². The van der Waals surface area contributed by atoms with Gasteiger partial charge in [-0.15, -0.1) is 0 Å². The van der Waals surface area contributed by atoms with Crippen LogP contribution in [0.4, 0.5) is 0 Å². The van der Waals surface area contributed by atoms with Crippen LogP contribution in [0.3, 0.4) is 0 Å². The van der Waals surface area contributed by atoms with E-state index in [9.17, 15) is 9.59 Å². The Morgan fingerprint density at radius 2 is 1.96 bits per heavy atom. The fraction of sp³-hybridized carbons (Fsp3) is 0.333. The standard InChI is InChI=1S/C18H17BrO4/c1-12-17(21)23-18(10-5-8-13-6-3-2-4-7-13)11-9-14(20)15(19)16(18)22-12/h2-4,6-7,9,11-12H,5,8,10H2,1H3/t12-,18+/m1/s1. The van der Waals surface area contributed by atoms with Crippen LogP contribution in [-0.2, 0) is 25.5 Å². The van der Waals surface area contributed by atoms with Crippen molar-refractivity contribution >= 4 is 27.7 Å². The molecule has 1 fully saturated rings. The third-order valence-electron chi connectivity index (χ3n) is 4.07. The van der Waals surface area contributed by atoms with E-state index in [4.69, 9.17) is 9.47 Å². The normalized spacial score (nSPS) is 26.6. The molecule has 0 unspecified atom stereocenters. The van der Waals surface area contributed by atoms with Gasteiger partial charge in [-0.3, -0.25) is 4.79 Å². The van der Waals surface area contributed by atoms with Crippen LogP contribution in [0.15, 0.2) is 52.7 Å². The predicted molar refractivity (Wildman–Crippen MR) is 88.9 cm³/mol. The van der Waals surface area contributed by atoms with Crippen molar-refractivity contribution in [1.29, 1.82) is 0 Å². The lowest BCUT2D eigenvalue weighted by Gasteiger charge is -2.40. The first-order valence-electron chi connectivity index (χ1n) is 7.59. The van der Waals surface area contributed by atoms with Crippen LogP contribution >= 0.6 is 15.9 Å². The van der Waals surface area contributed by atoms with Gasteiger partial charge in [-0.1, -0.05) is 30.3 Å². The third-order valence-corrected chi connectivity index (χ3v) is 4.82. The molecule has 120 valence electrons. The van der Waals surface area contributed by atoms with E-state index in [0.717, 1.165) is 12.8 Å². The lowest BCUT2D eigenvalue weighted by atomic mass is 9.87. The number of carbonyl (C=O) groups excluding carboxylic acids is 2. The Labute approximate surface area is 143 Å². The topological polar surface area (TPSA) is 52.6 Å². The summed E-state index contributed by atoms with van der Waals surface area (Å²) in [5.74, 6) is -0.179. The van der Waals surface area contributed by atoms with Crippen molar-refractivity contribution < 1.29 is 19.1 Å². The molecule has 0 N–H and O–H groups in total. The van der Waals surface area contributed by atoms with Crippen LogP contribution in [0.5, 0.6) is 0 Å². The second kappa shape index (κ2) is 6.32. The molecule has 1 aromatic carbocycles. The van der Waals surface area contributed by atoms with E-state index in [1.165, 1.54) is 11.6 Å². The van der Waals surface area contributed by atoms with Gasteiger partial charge in [0.1, 0.15) is 4.48 Å². The summed E-state index contributed by atoms with van der Waals surface area (Å²) in [5.41, 5.74) is 0.242.